The Balaban J connectivity index is 0.00000250. The Labute approximate surface area is 291 Å². The summed E-state index contributed by atoms with van der Waals surface area (Å²) in [6.07, 6.45) is 0. The van der Waals surface area contributed by atoms with Crippen LogP contribution in [0.1, 0.15) is 33.4 Å². The van der Waals surface area contributed by atoms with Gasteiger partial charge in [-0.3, -0.25) is 0 Å². The van der Waals surface area contributed by atoms with E-state index >= 15 is 0 Å². The van der Waals surface area contributed by atoms with Gasteiger partial charge in [0.25, 0.3) is 0 Å². The van der Waals surface area contributed by atoms with Crippen molar-refractivity contribution < 1.29 is 11.8 Å². The number of hydrogen-bond donors (Lipinski definition) is 0. The van der Waals surface area contributed by atoms with E-state index in [4.69, 9.17) is 0.889 Å². The molecule has 5 heteroatoms. The largest absolute Gasteiger partial charge is 0.412 e. The van der Waals surface area contributed by atoms with Crippen molar-refractivity contribution in [3.8, 4) is 0 Å². The fourth-order valence-electron chi connectivity index (χ4n) is 6.73. The number of rotatable bonds is 8. The molecule has 0 fully saturated rings. The van der Waals surface area contributed by atoms with Gasteiger partial charge >= 0.3 is 282 Å². The first-order valence-corrected chi connectivity index (χ1v) is 28.9. The first-order chi connectivity index (χ1) is 21.8. The summed E-state index contributed by atoms with van der Waals surface area (Å²) in [6, 6.07) is 54.4. The molecular formula is C42H46Bi2O3. The van der Waals surface area contributed by atoms with Crippen molar-refractivity contribution in [1.29, 1.82) is 0 Å². The van der Waals surface area contributed by atoms with Gasteiger partial charge in [0, 0.05) is 0 Å². The topological polar surface area (TPSA) is 72.2 Å². The smallest absolute Gasteiger partial charge is 0.412 e. The Morgan fingerprint density at radius 1 is 0.277 bits per heavy atom. The van der Waals surface area contributed by atoms with Gasteiger partial charge in [0.05, 0.1) is 0 Å². The predicted molar refractivity (Wildman–Crippen MR) is 205 cm³/mol. The molecule has 0 amide bonds. The first-order valence-electron chi connectivity index (χ1n) is 15.7. The molecular weight excluding hydrogens is 970 g/mol. The van der Waals surface area contributed by atoms with Crippen molar-refractivity contribution >= 4 is 61.0 Å². The second-order valence-corrected chi connectivity index (χ2v) is 38.9. The van der Waals surface area contributed by atoms with Crippen LogP contribution in [-0.2, 0) is 0.889 Å². The molecule has 6 aromatic carbocycles. The zero-order chi connectivity index (χ0) is 31.6. The monoisotopic (exact) mass is 1020 g/mol. The summed E-state index contributed by atoms with van der Waals surface area (Å²) in [5.41, 5.74) is 7.85. The van der Waals surface area contributed by atoms with Gasteiger partial charge in [-0.2, -0.15) is 0 Å². The van der Waals surface area contributed by atoms with Crippen molar-refractivity contribution in [3.63, 3.8) is 0 Å². The van der Waals surface area contributed by atoms with E-state index in [9.17, 15) is 0 Å². The van der Waals surface area contributed by atoms with Crippen LogP contribution in [0.15, 0.2) is 146 Å². The van der Waals surface area contributed by atoms with Crippen molar-refractivity contribution in [2.24, 2.45) is 0 Å². The molecule has 0 aliphatic rings. The summed E-state index contributed by atoms with van der Waals surface area (Å²) in [4.78, 5) is 0. The SMILES string of the molecule is Cc1cccc[c]1[Bi]([O][Bi]([c]1ccccc1C)([c]1ccccc1C)[c]1ccccc1C)([c]1ccccc1C)[c]1ccccc1C.O.O. The van der Waals surface area contributed by atoms with Crippen LogP contribution in [0.25, 0.3) is 0 Å². The van der Waals surface area contributed by atoms with Gasteiger partial charge in [-0.1, -0.05) is 0 Å². The van der Waals surface area contributed by atoms with Crippen LogP contribution >= 0.6 is 0 Å². The molecule has 0 aliphatic carbocycles. The van der Waals surface area contributed by atoms with E-state index in [1.807, 2.05) is 0 Å². The normalized spacial score (nSPS) is 11.4. The molecule has 2 radical (unpaired) electrons. The number of benzene rings is 6. The maximum Gasteiger partial charge on any atom is -0.412 e. The molecule has 0 aliphatic heterocycles. The Kier molecular flexibility index (Phi) is 12.1. The predicted octanol–water partition coefficient (Wildman–Crippen LogP) is 4.54. The summed E-state index contributed by atoms with van der Waals surface area (Å²) in [6.45, 7) is 13.7. The van der Waals surface area contributed by atoms with Gasteiger partial charge in [0.15, 0.2) is 0 Å². The standard InChI is InChI=1S/6C7H7.2Bi.2H2O.O/c6*1-7-5-3-2-4-6-7;;;;;/h6*2-5H,1H3;;;2*1H2;. The molecule has 6 rings (SSSR count). The quantitative estimate of drug-likeness (QED) is 0.207. The Hall–Kier alpha value is -3.03. The second-order valence-electron chi connectivity index (χ2n) is 12.0. The van der Waals surface area contributed by atoms with E-state index in [0.29, 0.717) is 0 Å². The summed E-state index contributed by atoms with van der Waals surface area (Å²) in [5.74, 6) is 0. The van der Waals surface area contributed by atoms with Crippen LogP contribution < -0.4 is 19.6 Å². The van der Waals surface area contributed by atoms with Crippen LogP contribution in [0.3, 0.4) is 0 Å². The van der Waals surface area contributed by atoms with Gasteiger partial charge in [0.1, 0.15) is 0 Å². The molecule has 0 spiro atoms. The molecule has 0 bridgehead atoms. The molecule has 6 aromatic rings. The number of hydrogen-bond acceptors (Lipinski definition) is 1. The van der Waals surface area contributed by atoms with Crippen LogP contribution in [0.4, 0.5) is 0 Å². The van der Waals surface area contributed by atoms with E-state index in [-0.39, 0.29) is 11.0 Å². The van der Waals surface area contributed by atoms with Crippen molar-refractivity contribution in [2.75, 3.05) is 0 Å². The molecule has 0 atom stereocenters. The molecule has 0 saturated carbocycles. The van der Waals surface area contributed by atoms with Crippen LogP contribution in [-0.4, -0.2) is 52.4 Å². The Bertz CT molecular complexity index is 1620. The maximum absolute atomic E-state index is 8.86. The van der Waals surface area contributed by atoms with Crippen LogP contribution in [0.5, 0.6) is 0 Å². The van der Waals surface area contributed by atoms with E-state index < -0.39 is 41.4 Å². The molecule has 242 valence electrons. The third-order valence-corrected chi connectivity index (χ3v) is 55.1. The van der Waals surface area contributed by atoms with Crippen LogP contribution in [0.2, 0.25) is 0 Å². The molecule has 0 heterocycles. The van der Waals surface area contributed by atoms with Gasteiger partial charge in [-0.05, 0) is 0 Å². The van der Waals surface area contributed by atoms with Gasteiger partial charge < -0.3 is 11.0 Å². The number of aryl methyl sites for hydroxylation is 6. The van der Waals surface area contributed by atoms with E-state index in [1.165, 1.54) is 53.0 Å². The first kappa shape index (κ1) is 36.8. The minimum Gasteiger partial charge on any atom is -0.412 e. The zero-order valence-electron chi connectivity index (χ0n) is 28.2. The fourth-order valence-corrected chi connectivity index (χ4v) is 67.0. The second kappa shape index (κ2) is 15.5. The fraction of sp³-hybridized carbons (Fsp3) is 0.143. The third-order valence-electron chi connectivity index (χ3n) is 8.97. The minimum absolute atomic E-state index is 0. The van der Waals surface area contributed by atoms with Crippen LogP contribution in [0, 0.1) is 41.5 Å². The average molecular weight is 1020 g/mol. The zero-order valence-corrected chi connectivity index (χ0v) is 35.1. The molecule has 3 nitrogen and oxygen atoms in total. The molecule has 47 heavy (non-hydrogen) atoms. The molecule has 0 aromatic heterocycles. The maximum atomic E-state index is 8.86. The summed E-state index contributed by atoms with van der Waals surface area (Å²) in [7, 11) is 0. The van der Waals surface area contributed by atoms with E-state index in [1.54, 1.807) is 0 Å². The van der Waals surface area contributed by atoms with E-state index in [0.717, 1.165) is 0 Å². The van der Waals surface area contributed by atoms with E-state index in [2.05, 4.69) is 187 Å². The van der Waals surface area contributed by atoms with Gasteiger partial charge in [-0.25, -0.2) is 0 Å². The van der Waals surface area contributed by atoms with Crippen molar-refractivity contribution in [2.45, 2.75) is 41.5 Å². The minimum atomic E-state index is -4.50. The third kappa shape index (κ3) is 6.54. The van der Waals surface area contributed by atoms with Gasteiger partial charge in [-0.15, -0.1) is 0 Å². The summed E-state index contributed by atoms with van der Waals surface area (Å²) < 4.78 is 17.3. The molecule has 4 N–H and O–H groups in total. The van der Waals surface area contributed by atoms with Gasteiger partial charge in [0.2, 0.25) is 0 Å². The summed E-state index contributed by atoms with van der Waals surface area (Å²) in [5, 5.41) is 0. The molecule has 0 unspecified atom stereocenters. The Morgan fingerprint density at radius 2 is 0.426 bits per heavy atom. The average Bonchev–Trinajstić information content (AvgIpc) is 3.04. The Morgan fingerprint density at radius 3 is 0.574 bits per heavy atom. The van der Waals surface area contributed by atoms with Crippen molar-refractivity contribution in [3.05, 3.63) is 179 Å². The summed E-state index contributed by atoms with van der Waals surface area (Å²) >= 11 is -8.99. The molecule has 0 saturated heterocycles. The van der Waals surface area contributed by atoms with Crippen molar-refractivity contribution in [1.82, 2.24) is 0 Å².